The summed E-state index contributed by atoms with van der Waals surface area (Å²) in [5.74, 6) is 0.168. The molecule has 196 valence electrons. The number of carbonyl (C=O) groups is 1. The van der Waals surface area contributed by atoms with Gasteiger partial charge >= 0.3 is 0 Å². The third-order valence-electron chi connectivity index (χ3n) is 6.48. The second kappa shape index (κ2) is 11.7. The first-order valence-corrected chi connectivity index (χ1v) is 14.4. The van der Waals surface area contributed by atoms with Crippen molar-refractivity contribution in [2.24, 2.45) is 0 Å². The number of hydrogen-bond acceptors (Lipinski definition) is 7. The molecule has 1 aromatic heterocycles. The summed E-state index contributed by atoms with van der Waals surface area (Å²) in [4.78, 5) is 21.1. The van der Waals surface area contributed by atoms with Gasteiger partial charge in [-0.25, -0.2) is 13.1 Å². The predicted octanol–water partition coefficient (Wildman–Crippen LogP) is 3.72. The second-order valence-corrected chi connectivity index (χ2v) is 10.9. The zero-order valence-electron chi connectivity index (χ0n) is 21.6. The summed E-state index contributed by atoms with van der Waals surface area (Å²) < 4.78 is 30.2. The lowest BCUT2D eigenvalue weighted by Crippen LogP contribution is -2.46. The number of carbonyl (C=O) groups excluding carboxylic acids is 1. The van der Waals surface area contributed by atoms with Crippen molar-refractivity contribution in [3.63, 3.8) is 0 Å². The molecule has 1 amide bonds. The van der Waals surface area contributed by atoms with Gasteiger partial charge in [0.25, 0.3) is 5.91 Å². The van der Waals surface area contributed by atoms with Gasteiger partial charge in [0.15, 0.2) is 0 Å². The molecule has 4 rings (SSSR count). The molecule has 0 unspecified atom stereocenters. The number of sulfonamides is 1. The summed E-state index contributed by atoms with van der Waals surface area (Å²) >= 11 is 0. The summed E-state index contributed by atoms with van der Waals surface area (Å²) in [6, 6.07) is 15.8. The standard InChI is InChI=1S/C28H34N4O4S/c1-4-21-16-23(25-17-27(36-5-2)19-29-18-25)6-7-24(21)20-31-12-14-32(15-13-31)26-10-8-22(9-11-26)28(33)30-37(3,34)35/h6-11,16-19H,4-5,12-15,20H2,1-3H3,(H,30,33). The Morgan fingerprint density at radius 1 is 0.946 bits per heavy atom. The van der Waals surface area contributed by atoms with E-state index in [9.17, 15) is 13.2 Å². The van der Waals surface area contributed by atoms with Crippen molar-refractivity contribution in [2.45, 2.75) is 26.8 Å². The van der Waals surface area contributed by atoms with Crippen LogP contribution in [0.5, 0.6) is 5.75 Å². The van der Waals surface area contributed by atoms with Crippen LogP contribution in [0.1, 0.15) is 35.3 Å². The van der Waals surface area contributed by atoms with E-state index in [1.807, 2.05) is 36.0 Å². The molecule has 9 heteroatoms. The van der Waals surface area contributed by atoms with Crippen molar-refractivity contribution < 1.29 is 17.9 Å². The van der Waals surface area contributed by atoms with E-state index in [0.29, 0.717) is 12.2 Å². The average Bonchev–Trinajstić information content (AvgIpc) is 2.89. The molecule has 0 saturated carbocycles. The van der Waals surface area contributed by atoms with Crippen LogP contribution in [0, 0.1) is 0 Å². The first kappa shape index (κ1) is 26.6. The molecular weight excluding hydrogens is 488 g/mol. The van der Waals surface area contributed by atoms with Gasteiger partial charge in [0.1, 0.15) is 5.75 Å². The number of ether oxygens (including phenoxy) is 1. The lowest BCUT2D eigenvalue weighted by atomic mass is 9.98. The predicted molar refractivity (Wildman–Crippen MR) is 146 cm³/mol. The number of nitrogens with one attached hydrogen (secondary N) is 1. The topological polar surface area (TPSA) is 91.8 Å². The summed E-state index contributed by atoms with van der Waals surface area (Å²) in [6.07, 6.45) is 5.55. The number of rotatable bonds is 9. The monoisotopic (exact) mass is 522 g/mol. The highest BCUT2D eigenvalue weighted by molar-refractivity contribution is 7.89. The molecule has 0 radical (unpaired) electrons. The molecular formula is C28H34N4O4S. The Hall–Kier alpha value is -3.43. The fraction of sp³-hybridized carbons (Fsp3) is 0.357. The maximum absolute atomic E-state index is 12.0. The van der Waals surface area contributed by atoms with Gasteiger partial charge < -0.3 is 9.64 Å². The van der Waals surface area contributed by atoms with Crippen molar-refractivity contribution >= 4 is 21.6 Å². The number of hydrogen-bond donors (Lipinski definition) is 1. The molecule has 2 aromatic carbocycles. The number of anilines is 1. The molecule has 1 fully saturated rings. The quantitative estimate of drug-likeness (QED) is 0.458. The van der Waals surface area contributed by atoms with E-state index in [-0.39, 0.29) is 0 Å². The Kier molecular flexibility index (Phi) is 8.45. The number of piperazine rings is 1. The Labute approximate surface area is 219 Å². The highest BCUT2D eigenvalue weighted by atomic mass is 32.2. The van der Waals surface area contributed by atoms with Crippen LogP contribution in [0.4, 0.5) is 5.69 Å². The third kappa shape index (κ3) is 7.08. The van der Waals surface area contributed by atoms with Crippen molar-refractivity contribution in [1.29, 1.82) is 0 Å². The Morgan fingerprint density at radius 2 is 1.68 bits per heavy atom. The minimum absolute atomic E-state index is 0.323. The van der Waals surface area contributed by atoms with E-state index in [0.717, 1.165) is 68.0 Å². The molecule has 1 saturated heterocycles. The maximum atomic E-state index is 12.0. The Morgan fingerprint density at radius 3 is 2.32 bits per heavy atom. The fourth-order valence-electron chi connectivity index (χ4n) is 4.57. The van der Waals surface area contributed by atoms with Gasteiger partial charge in [-0.3, -0.25) is 14.7 Å². The molecule has 1 N–H and O–H groups in total. The van der Waals surface area contributed by atoms with Gasteiger partial charge in [-0.2, -0.15) is 0 Å². The molecule has 3 aromatic rings. The molecule has 0 bridgehead atoms. The third-order valence-corrected chi connectivity index (χ3v) is 7.04. The van der Waals surface area contributed by atoms with E-state index in [2.05, 4.69) is 39.9 Å². The molecule has 0 aliphatic carbocycles. The number of pyridine rings is 1. The number of benzene rings is 2. The van der Waals surface area contributed by atoms with Gasteiger partial charge in [-0.1, -0.05) is 25.1 Å². The van der Waals surface area contributed by atoms with Crippen LogP contribution in [0.15, 0.2) is 60.9 Å². The van der Waals surface area contributed by atoms with Crippen LogP contribution in [0.25, 0.3) is 11.1 Å². The van der Waals surface area contributed by atoms with Crippen LogP contribution in [0.3, 0.4) is 0 Å². The van der Waals surface area contributed by atoms with E-state index in [1.54, 1.807) is 18.3 Å². The van der Waals surface area contributed by atoms with Crippen LogP contribution in [-0.4, -0.2) is 63.3 Å². The highest BCUT2D eigenvalue weighted by Crippen LogP contribution is 2.27. The van der Waals surface area contributed by atoms with E-state index in [1.165, 1.54) is 11.1 Å². The first-order valence-electron chi connectivity index (χ1n) is 12.5. The van der Waals surface area contributed by atoms with Crippen molar-refractivity contribution in [2.75, 3.05) is 43.9 Å². The molecule has 2 heterocycles. The second-order valence-electron chi connectivity index (χ2n) is 9.19. The Balaban J connectivity index is 1.36. The van der Waals surface area contributed by atoms with Crippen LogP contribution >= 0.6 is 0 Å². The molecule has 0 atom stereocenters. The van der Waals surface area contributed by atoms with E-state index in [4.69, 9.17) is 4.74 Å². The number of amides is 1. The van der Waals surface area contributed by atoms with Gasteiger partial charge in [0.2, 0.25) is 10.0 Å². The zero-order valence-corrected chi connectivity index (χ0v) is 22.4. The first-order chi connectivity index (χ1) is 17.8. The van der Waals surface area contributed by atoms with Gasteiger partial charge in [0, 0.05) is 55.7 Å². The van der Waals surface area contributed by atoms with Crippen LogP contribution in [0.2, 0.25) is 0 Å². The van der Waals surface area contributed by atoms with E-state index >= 15 is 0 Å². The average molecular weight is 523 g/mol. The van der Waals surface area contributed by atoms with Crippen LogP contribution < -0.4 is 14.4 Å². The fourth-order valence-corrected chi connectivity index (χ4v) is 5.02. The smallest absolute Gasteiger partial charge is 0.264 e. The van der Waals surface area contributed by atoms with Gasteiger partial charge in [-0.05, 0) is 60.4 Å². The summed E-state index contributed by atoms with van der Waals surface area (Å²) in [6.45, 7) is 9.30. The lowest BCUT2D eigenvalue weighted by molar-refractivity contribution is 0.0981. The summed E-state index contributed by atoms with van der Waals surface area (Å²) in [7, 11) is -3.58. The Bertz CT molecular complexity index is 1330. The minimum atomic E-state index is -3.58. The molecule has 0 spiro atoms. The number of aryl methyl sites for hydroxylation is 1. The highest BCUT2D eigenvalue weighted by Gasteiger charge is 2.19. The van der Waals surface area contributed by atoms with E-state index < -0.39 is 15.9 Å². The van der Waals surface area contributed by atoms with Gasteiger partial charge in [-0.15, -0.1) is 0 Å². The largest absolute Gasteiger partial charge is 0.492 e. The normalized spacial score (nSPS) is 14.4. The SMILES string of the molecule is CCOc1cncc(-c2ccc(CN3CCN(c4ccc(C(=O)NS(C)(=O)=O)cc4)CC3)c(CC)c2)c1. The van der Waals surface area contributed by atoms with Crippen LogP contribution in [-0.2, 0) is 23.0 Å². The van der Waals surface area contributed by atoms with Crippen molar-refractivity contribution in [3.8, 4) is 16.9 Å². The molecule has 1 aliphatic heterocycles. The van der Waals surface area contributed by atoms with Crippen molar-refractivity contribution in [1.82, 2.24) is 14.6 Å². The minimum Gasteiger partial charge on any atom is -0.492 e. The number of nitrogens with zero attached hydrogens (tertiary/aromatic N) is 3. The molecule has 8 nitrogen and oxygen atoms in total. The molecule has 37 heavy (non-hydrogen) atoms. The maximum Gasteiger partial charge on any atom is 0.264 e. The summed E-state index contributed by atoms with van der Waals surface area (Å²) in [5, 5.41) is 0. The summed E-state index contributed by atoms with van der Waals surface area (Å²) in [5.41, 5.74) is 6.23. The zero-order chi connectivity index (χ0) is 26.4. The van der Waals surface area contributed by atoms with Crippen molar-refractivity contribution in [3.05, 3.63) is 77.6 Å². The number of aromatic nitrogens is 1. The lowest BCUT2D eigenvalue weighted by Gasteiger charge is -2.36. The van der Waals surface area contributed by atoms with Gasteiger partial charge in [0.05, 0.1) is 19.1 Å². The molecule has 1 aliphatic rings.